The maximum absolute atomic E-state index is 13.4. The highest BCUT2D eigenvalue weighted by molar-refractivity contribution is 8.18. The second-order valence-corrected chi connectivity index (χ2v) is 11.4. The number of likely N-dealkylation sites (tertiary alicyclic amines) is 1. The highest BCUT2D eigenvalue weighted by atomic mass is 32.2. The summed E-state index contributed by atoms with van der Waals surface area (Å²) < 4.78 is 16.9. The molecule has 0 aromatic heterocycles. The van der Waals surface area contributed by atoms with Crippen molar-refractivity contribution in [3.63, 3.8) is 0 Å². The molecular formula is C34H37N3O5S. The van der Waals surface area contributed by atoms with Gasteiger partial charge in [-0.25, -0.2) is 4.99 Å². The lowest BCUT2D eigenvalue weighted by Gasteiger charge is -2.26. The van der Waals surface area contributed by atoms with Crippen LogP contribution in [-0.4, -0.2) is 67.2 Å². The first kappa shape index (κ1) is 30.4. The van der Waals surface area contributed by atoms with Crippen LogP contribution in [0.4, 0.5) is 5.69 Å². The number of thioether (sulfide) groups is 1. The zero-order valence-electron chi connectivity index (χ0n) is 24.7. The van der Waals surface area contributed by atoms with E-state index in [0.29, 0.717) is 53.3 Å². The summed E-state index contributed by atoms with van der Waals surface area (Å²) in [6.45, 7) is 3.08. The molecule has 2 heterocycles. The minimum Gasteiger partial charge on any atom is -0.493 e. The molecule has 8 nitrogen and oxygen atoms in total. The number of amides is 2. The van der Waals surface area contributed by atoms with E-state index >= 15 is 0 Å². The van der Waals surface area contributed by atoms with Crippen LogP contribution >= 0.6 is 11.8 Å². The first-order chi connectivity index (χ1) is 21.1. The maximum Gasteiger partial charge on any atom is 0.266 e. The van der Waals surface area contributed by atoms with Crippen LogP contribution in [0.2, 0.25) is 0 Å². The van der Waals surface area contributed by atoms with Gasteiger partial charge in [0.25, 0.3) is 11.8 Å². The lowest BCUT2D eigenvalue weighted by molar-refractivity contribution is -0.122. The summed E-state index contributed by atoms with van der Waals surface area (Å²) in [5, 5.41) is 0.647. The van der Waals surface area contributed by atoms with Crippen molar-refractivity contribution in [3.05, 3.63) is 94.4 Å². The number of para-hydroxylation sites is 1. The van der Waals surface area contributed by atoms with Crippen LogP contribution in [0.25, 0.3) is 6.08 Å². The molecule has 2 saturated heterocycles. The fraction of sp³-hybridized carbons (Fsp3) is 0.324. The zero-order valence-corrected chi connectivity index (χ0v) is 25.5. The molecule has 0 radical (unpaired) electrons. The number of rotatable bonds is 11. The smallest absolute Gasteiger partial charge is 0.266 e. The van der Waals surface area contributed by atoms with Crippen LogP contribution < -0.4 is 9.47 Å². The van der Waals surface area contributed by atoms with Gasteiger partial charge in [0.2, 0.25) is 0 Å². The average Bonchev–Trinajstić information content (AvgIpc) is 3.33. The molecular weight excluding hydrogens is 562 g/mol. The summed E-state index contributed by atoms with van der Waals surface area (Å²) in [6, 6.07) is 22.8. The Hall–Kier alpha value is -4.08. The molecule has 3 aromatic rings. The molecule has 0 N–H and O–H groups in total. The second-order valence-electron chi connectivity index (χ2n) is 10.4. The predicted molar refractivity (Wildman–Crippen MR) is 171 cm³/mol. The van der Waals surface area contributed by atoms with Crippen molar-refractivity contribution in [2.24, 2.45) is 4.99 Å². The van der Waals surface area contributed by atoms with Gasteiger partial charge in [-0.15, -0.1) is 0 Å². The summed E-state index contributed by atoms with van der Waals surface area (Å²) in [4.78, 5) is 35.1. The van der Waals surface area contributed by atoms with E-state index in [4.69, 9.17) is 19.2 Å². The monoisotopic (exact) mass is 599 g/mol. The van der Waals surface area contributed by atoms with Gasteiger partial charge in [0.1, 0.15) is 6.61 Å². The van der Waals surface area contributed by atoms with Gasteiger partial charge < -0.3 is 19.1 Å². The zero-order chi connectivity index (χ0) is 30.0. The van der Waals surface area contributed by atoms with Gasteiger partial charge in [0, 0.05) is 38.9 Å². The molecule has 43 heavy (non-hydrogen) atoms. The first-order valence-electron chi connectivity index (χ1n) is 14.6. The number of carbonyl (C=O) groups is 2. The molecule has 224 valence electrons. The number of piperidine rings is 1. The van der Waals surface area contributed by atoms with E-state index in [0.717, 1.165) is 42.7 Å². The van der Waals surface area contributed by atoms with Crippen LogP contribution in [0, 0.1) is 0 Å². The average molecular weight is 600 g/mol. The number of carbonyl (C=O) groups excluding carboxylic acids is 2. The van der Waals surface area contributed by atoms with Gasteiger partial charge in [-0.1, -0.05) is 36.4 Å². The van der Waals surface area contributed by atoms with Gasteiger partial charge in [0.15, 0.2) is 16.7 Å². The van der Waals surface area contributed by atoms with Crippen molar-refractivity contribution in [1.29, 1.82) is 0 Å². The number of ether oxygens (including phenoxy) is 3. The molecule has 9 heteroatoms. The second kappa shape index (κ2) is 14.9. The Bertz CT molecular complexity index is 1470. The maximum atomic E-state index is 13.4. The third-order valence-electron chi connectivity index (χ3n) is 7.32. The number of hydrogen-bond donors (Lipinski definition) is 0. The lowest BCUT2D eigenvalue weighted by Crippen LogP contribution is -2.35. The van der Waals surface area contributed by atoms with E-state index in [1.807, 2.05) is 83.8 Å². The van der Waals surface area contributed by atoms with E-state index in [2.05, 4.69) is 0 Å². The van der Waals surface area contributed by atoms with Crippen molar-refractivity contribution in [3.8, 4) is 11.5 Å². The van der Waals surface area contributed by atoms with Gasteiger partial charge in [-0.05, 0) is 91.0 Å². The summed E-state index contributed by atoms with van der Waals surface area (Å²) in [5.41, 5.74) is 3.27. The number of aliphatic imine (C=N–C) groups is 1. The summed E-state index contributed by atoms with van der Waals surface area (Å²) in [7, 11) is 3.25. The van der Waals surface area contributed by atoms with E-state index in [1.54, 1.807) is 19.1 Å². The summed E-state index contributed by atoms with van der Waals surface area (Å²) >= 11 is 1.36. The Morgan fingerprint density at radius 2 is 1.72 bits per heavy atom. The number of benzene rings is 3. The molecule has 2 aliphatic heterocycles. The van der Waals surface area contributed by atoms with Gasteiger partial charge in [-0.2, -0.15) is 0 Å². The fourth-order valence-corrected chi connectivity index (χ4v) is 6.02. The third kappa shape index (κ3) is 7.86. The Morgan fingerprint density at radius 3 is 2.44 bits per heavy atom. The van der Waals surface area contributed by atoms with Gasteiger partial charge >= 0.3 is 0 Å². The molecule has 0 saturated carbocycles. The number of methoxy groups -OCH3 is 2. The molecule has 2 fully saturated rings. The molecule has 0 atom stereocenters. The molecule has 5 rings (SSSR count). The molecule has 2 aliphatic rings. The Labute approximate surface area is 257 Å². The predicted octanol–water partition coefficient (Wildman–Crippen LogP) is 6.54. The minimum absolute atomic E-state index is 0.0858. The molecule has 0 bridgehead atoms. The first-order valence-corrected chi connectivity index (χ1v) is 15.4. The molecule has 2 amide bonds. The van der Waals surface area contributed by atoms with Crippen LogP contribution in [0.15, 0.2) is 82.7 Å². The lowest BCUT2D eigenvalue weighted by atomic mass is 10.1. The van der Waals surface area contributed by atoms with Crippen LogP contribution in [0.1, 0.15) is 47.2 Å². The van der Waals surface area contributed by atoms with Crippen molar-refractivity contribution in [2.45, 2.75) is 32.3 Å². The Morgan fingerprint density at radius 1 is 0.953 bits per heavy atom. The summed E-state index contributed by atoms with van der Waals surface area (Å²) in [6.07, 6.45) is 5.90. The van der Waals surface area contributed by atoms with Crippen molar-refractivity contribution in [1.82, 2.24) is 9.80 Å². The van der Waals surface area contributed by atoms with Crippen molar-refractivity contribution >= 4 is 40.5 Å². The quantitative estimate of drug-likeness (QED) is 0.184. The largest absolute Gasteiger partial charge is 0.493 e. The normalized spacial score (nSPS) is 17.1. The Kier molecular flexibility index (Phi) is 10.5. The minimum atomic E-state index is -0.0858. The fourth-order valence-electron chi connectivity index (χ4n) is 5.00. The van der Waals surface area contributed by atoms with Crippen LogP contribution in [0.3, 0.4) is 0 Å². The molecule has 0 aliphatic carbocycles. The van der Waals surface area contributed by atoms with E-state index in [1.165, 1.54) is 18.2 Å². The SMILES string of the molecule is COCCCN1C(=O)/C(=C/c2ccc(OCc3ccc(C(=O)N4CCCCC4)cc3)c(OC)c2)SC1=Nc1ccccc1. The van der Waals surface area contributed by atoms with Crippen LogP contribution in [-0.2, 0) is 16.1 Å². The molecule has 0 unspecified atom stereocenters. The number of amidine groups is 1. The standard InChI is InChI=1S/C34H37N3O5S/c1-40-21-9-20-37-33(39)31(43-34(37)35-28-10-5-3-6-11-28)23-26-14-17-29(30(22-26)41-2)42-24-25-12-15-27(16-13-25)32(38)36-18-7-4-8-19-36/h3,5-6,10-17,22-23H,4,7-9,18-21,24H2,1-2H3/b31-23-,35-34?. The van der Waals surface area contributed by atoms with E-state index in [-0.39, 0.29) is 11.8 Å². The summed E-state index contributed by atoms with van der Waals surface area (Å²) in [5.74, 6) is 1.17. The number of nitrogens with zero attached hydrogens (tertiary/aromatic N) is 3. The Balaban J connectivity index is 1.26. The third-order valence-corrected chi connectivity index (χ3v) is 8.33. The highest BCUT2D eigenvalue weighted by Gasteiger charge is 2.33. The molecule has 3 aromatic carbocycles. The highest BCUT2D eigenvalue weighted by Crippen LogP contribution is 2.36. The molecule has 0 spiro atoms. The van der Waals surface area contributed by atoms with Crippen molar-refractivity contribution in [2.75, 3.05) is 40.5 Å². The van der Waals surface area contributed by atoms with Gasteiger partial charge in [0.05, 0.1) is 17.7 Å². The van der Waals surface area contributed by atoms with E-state index < -0.39 is 0 Å². The topological polar surface area (TPSA) is 80.7 Å². The van der Waals surface area contributed by atoms with Gasteiger partial charge in [-0.3, -0.25) is 14.5 Å². The van der Waals surface area contributed by atoms with Crippen molar-refractivity contribution < 1.29 is 23.8 Å². The van der Waals surface area contributed by atoms with Crippen LogP contribution in [0.5, 0.6) is 11.5 Å². The van der Waals surface area contributed by atoms with E-state index in [9.17, 15) is 9.59 Å². The number of hydrogen-bond acceptors (Lipinski definition) is 7.